The Hall–Kier alpha value is -1.90. The van der Waals surface area contributed by atoms with E-state index in [0.29, 0.717) is 11.4 Å². The summed E-state index contributed by atoms with van der Waals surface area (Å²) in [7, 11) is 0. The molecule has 21 heavy (non-hydrogen) atoms. The molecular formula is C18H16ClNO. The van der Waals surface area contributed by atoms with Crippen LogP contribution in [0.25, 0.3) is 10.9 Å². The van der Waals surface area contributed by atoms with Gasteiger partial charge in [-0.3, -0.25) is 4.98 Å². The minimum Gasteiger partial charge on any atom is -0.388 e. The minimum absolute atomic E-state index is 0.477. The molecule has 106 valence electrons. The number of fused-ring (bicyclic) bond motifs is 1. The molecule has 3 rings (SSSR count). The molecule has 0 spiro atoms. The van der Waals surface area contributed by atoms with Gasteiger partial charge in [-0.1, -0.05) is 41.9 Å². The van der Waals surface area contributed by atoms with Crippen LogP contribution < -0.4 is 0 Å². The summed E-state index contributed by atoms with van der Waals surface area (Å²) in [6.45, 7) is 1.97. The predicted molar refractivity (Wildman–Crippen MR) is 86.6 cm³/mol. The number of aryl methyl sites for hydroxylation is 1. The molecule has 0 aliphatic carbocycles. The molecule has 1 atom stereocenters. The van der Waals surface area contributed by atoms with Gasteiger partial charge in [0.25, 0.3) is 0 Å². The lowest BCUT2D eigenvalue weighted by Gasteiger charge is -2.12. The van der Waals surface area contributed by atoms with Gasteiger partial charge in [0, 0.05) is 22.5 Å². The number of hydrogen-bond acceptors (Lipinski definition) is 2. The molecule has 1 unspecified atom stereocenters. The van der Waals surface area contributed by atoms with E-state index in [-0.39, 0.29) is 0 Å². The van der Waals surface area contributed by atoms with Gasteiger partial charge in [-0.05, 0) is 42.3 Å². The Labute approximate surface area is 129 Å². The fourth-order valence-electron chi connectivity index (χ4n) is 2.49. The molecule has 3 heteroatoms. The first-order valence-corrected chi connectivity index (χ1v) is 7.29. The summed E-state index contributed by atoms with van der Waals surface area (Å²) < 4.78 is 0. The van der Waals surface area contributed by atoms with Crippen molar-refractivity contribution >= 4 is 22.5 Å². The molecule has 2 nitrogen and oxygen atoms in total. The van der Waals surface area contributed by atoms with Crippen LogP contribution in [-0.2, 0) is 6.42 Å². The van der Waals surface area contributed by atoms with E-state index in [1.807, 2.05) is 55.5 Å². The van der Waals surface area contributed by atoms with E-state index in [2.05, 4.69) is 4.98 Å². The lowest BCUT2D eigenvalue weighted by atomic mass is 10.0. The second-order valence-corrected chi connectivity index (χ2v) is 5.71. The van der Waals surface area contributed by atoms with Crippen LogP contribution in [0.1, 0.15) is 22.9 Å². The number of benzene rings is 2. The summed E-state index contributed by atoms with van der Waals surface area (Å²) in [6.07, 6.45) is -0.124. The van der Waals surface area contributed by atoms with Gasteiger partial charge in [0.2, 0.25) is 0 Å². The van der Waals surface area contributed by atoms with Gasteiger partial charge in [0.1, 0.15) is 0 Å². The SMILES string of the molecule is Cc1cc(Cl)cc(C(O)Cc2ccc3ccccc3n2)c1. The first kappa shape index (κ1) is 14.1. The van der Waals surface area contributed by atoms with Gasteiger partial charge < -0.3 is 5.11 Å². The maximum Gasteiger partial charge on any atom is 0.0846 e. The molecule has 3 aromatic rings. The third-order valence-electron chi connectivity index (χ3n) is 3.51. The van der Waals surface area contributed by atoms with E-state index in [4.69, 9.17) is 11.6 Å². The predicted octanol–water partition coefficient (Wildman–Crippen LogP) is 4.47. The van der Waals surface area contributed by atoms with E-state index in [0.717, 1.165) is 27.7 Å². The van der Waals surface area contributed by atoms with Gasteiger partial charge >= 0.3 is 0 Å². The zero-order chi connectivity index (χ0) is 14.8. The van der Waals surface area contributed by atoms with Gasteiger partial charge in [0.15, 0.2) is 0 Å². The Kier molecular flexibility index (Phi) is 3.91. The molecule has 1 heterocycles. The third kappa shape index (κ3) is 3.23. The van der Waals surface area contributed by atoms with Crippen molar-refractivity contribution in [3.63, 3.8) is 0 Å². The van der Waals surface area contributed by atoms with Gasteiger partial charge in [-0.2, -0.15) is 0 Å². The molecule has 0 radical (unpaired) electrons. The average molecular weight is 298 g/mol. The van der Waals surface area contributed by atoms with Crippen LogP contribution in [0.5, 0.6) is 0 Å². The van der Waals surface area contributed by atoms with Crippen LogP contribution in [0.3, 0.4) is 0 Å². The highest BCUT2D eigenvalue weighted by molar-refractivity contribution is 6.30. The quantitative estimate of drug-likeness (QED) is 0.773. The van der Waals surface area contributed by atoms with Crippen LogP contribution in [0.4, 0.5) is 0 Å². The number of aliphatic hydroxyl groups excluding tert-OH is 1. The van der Waals surface area contributed by atoms with Crippen molar-refractivity contribution in [3.8, 4) is 0 Å². The second-order valence-electron chi connectivity index (χ2n) is 5.28. The molecule has 0 bridgehead atoms. The van der Waals surface area contributed by atoms with E-state index in [1.165, 1.54) is 0 Å². The highest BCUT2D eigenvalue weighted by atomic mass is 35.5. The van der Waals surface area contributed by atoms with Crippen LogP contribution in [-0.4, -0.2) is 10.1 Å². The Balaban J connectivity index is 1.86. The Bertz CT molecular complexity index is 765. The molecular weight excluding hydrogens is 282 g/mol. The normalized spacial score (nSPS) is 12.5. The lowest BCUT2D eigenvalue weighted by Crippen LogP contribution is -2.04. The minimum atomic E-state index is -0.601. The fourth-order valence-corrected chi connectivity index (χ4v) is 2.79. The first-order valence-electron chi connectivity index (χ1n) is 6.91. The molecule has 0 saturated carbocycles. The fraction of sp³-hybridized carbons (Fsp3) is 0.167. The van der Waals surface area contributed by atoms with Crippen molar-refractivity contribution in [1.29, 1.82) is 0 Å². The molecule has 0 saturated heterocycles. The number of rotatable bonds is 3. The Morgan fingerprint density at radius 2 is 1.90 bits per heavy atom. The number of nitrogens with zero attached hydrogens (tertiary/aromatic N) is 1. The van der Waals surface area contributed by atoms with Gasteiger partial charge in [-0.25, -0.2) is 0 Å². The average Bonchev–Trinajstić information content (AvgIpc) is 2.46. The number of aromatic nitrogens is 1. The second kappa shape index (κ2) is 5.84. The number of aliphatic hydroxyl groups is 1. The Morgan fingerprint density at radius 1 is 1.10 bits per heavy atom. The largest absolute Gasteiger partial charge is 0.388 e. The maximum atomic E-state index is 10.4. The molecule has 0 aliphatic heterocycles. The smallest absolute Gasteiger partial charge is 0.0846 e. The number of pyridine rings is 1. The highest BCUT2D eigenvalue weighted by Crippen LogP contribution is 2.23. The van der Waals surface area contributed by atoms with Crippen LogP contribution >= 0.6 is 11.6 Å². The first-order chi connectivity index (χ1) is 10.1. The van der Waals surface area contributed by atoms with E-state index in [1.54, 1.807) is 6.07 Å². The van der Waals surface area contributed by atoms with E-state index in [9.17, 15) is 5.11 Å². The van der Waals surface area contributed by atoms with Crippen LogP contribution in [0, 0.1) is 6.92 Å². The molecule has 1 N–H and O–H groups in total. The topological polar surface area (TPSA) is 33.1 Å². The van der Waals surface area contributed by atoms with Crippen molar-refractivity contribution < 1.29 is 5.11 Å². The molecule has 0 amide bonds. The standard InChI is InChI=1S/C18H16ClNO/c1-12-8-14(10-15(19)9-12)18(21)11-16-7-6-13-4-2-3-5-17(13)20-16/h2-10,18,21H,11H2,1H3. The molecule has 2 aromatic carbocycles. The van der Waals surface area contributed by atoms with Crippen molar-refractivity contribution in [2.24, 2.45) is 0 Å². The zero-order valence-electron chi connectivity index (χ0n) is 11.8. The molecule has 1 aromatic heterocycles. The zero-order valence-corrected chi connectivity index (χ0v) is 12.5. The number of halogens is 1. The summed E-state index contributed by atoms with van der Waals surface area (Å²) in [6, 6.07) is 17.6. The van der Waals surface area contributed by atoms with Crippen molar-refractivity contribution in [2.75, 3.05) is 0 Å². The Morgan fingerprint density at radius 3 is 2.71 bits per heavy atom. The van der Waals surface area contributed by atoms with Gasteiger partial charge in [0.05, 0.1) is 11.6 Å². The third-order valence-corrected chi connectivity index (χ3v) is 3.73. The monoisotopic (exact) mass is 297 g/mol. The van der Waals surface area contributed by atoms with Crippen molar-refractivity contribution in [2.45, 2.75) is 19.4 Å². The summed E-state index contributed by atoms with van der Waals surface area (Å²) in [4.78, 5) is 4.59. The lowest BCUT2D eigenvalue weighted by molar-refractivity contribution is 0.177. The number of para-hydroxylation sites is 1. The summed E-state index contributed by atoms with van der Waals surface area (Å²) in [5.41, 5.74) is 3.70. The van der Waals surface area contributed by atoms with Crippen molar-refractivity contribution in [3.05, 3.63) is 76.4 Å². The summed E-state index contributed by atoms with van der Waals surface area (Å²) >= 11 is 6.05. The highest BCUT2D eigenvalue weighted by Gasteiger charge is 2.11. The van der Waals surface area contributed by atoms with Crippen LogP contribution in [0.2, 0.25) is 5.02 Å². The maximum absolute atomic E-state index is 10.4. The van der Waals surface area contributed by atoms with Gasteiger partial charge in [-0.15, -0.1) is 0 Å². The summed E-state index contributed by atoms with van der Waals surface area (Å²) in [5.74, 6) is 0. The van der Waals surface area contributed by atoms with Crippen LogP contribution in [0.15, 0.2) is 54.6 Å². The molecule has 0 aliphatic rings. The van der Waals surface area contributed by atoms with E-state index < -0.39 is 6.10 Å². The van der Waals surface area contributed by atoms with Crippen molar-refractivity contribution in [1.82, 2.24) is 4.98 Å². The summed E-state index contributed by atoms with van der Waals surface area (Å²) in [5, 5.41) is 12.2. The molecule has 0 fully saturated rings. The van der Waals surface area contributed by atoms with E-state index >= 15 is 0 Å². The number of hydrogen-bond donors (Lipinski definition) is 1.